The predicted molar refractivity (Wildman–Crippen MR) is 116 cm³/mol. The lowest BCUT2D eigenvalue weighted by molar-refractivity contribution is 0.0780. The Hall–Kier alpha value is -2.63. The number of nitrogens with zero attached hydrogens (tertiary/aromatic N) is 3. The van der Waals surface area contributed by atoms with E-state index in [0.717, 1.165) is 42.9 Å². The number of carbonyl (C=O) groups excluding carboxylic acids is 1. The van der Waals surface area contributed by atoms with Crippen molar-refractivity contribution in [1.29, 1.82) is 0 Å². The molecular formula is C23H25ClN4O. The van der Waals surface area contributed by atoms with Crippen molar-refractivity contribution < 1.29 is 4.79 Å². The summed E-state index contributed by atoms with van der Waals surface area (Å²) in [6.07, 6.45) is 4.08. The van der Waals surface area contributed by atoms with E-state index in [1.165, 1.54) is 0 Å². The molecule has 3 aromatic rings. The van der Waals surface area contributed by atoms with Gasteiger partial charge >= 0.3 is 0 Å². The lowest BCUT2D eigenvalue weighted by Gasteiger charge is -2.18. The fraction of sp³-hybridized carbons (Fsp3) is 0.304. The molecule has 0 spiro atoms. The van der Waals surface area contributed by atoms with E-state index in [2.05, 4.69) is 0 Å². The highest BCUT2D eigenvalue weighted by atomic mass is 35.5. The number of para-hydroxylation sites is 1. The second kappa shape index (κ2) is 8.01. The molecule has 0 radical (unpaired) electrons. The number of fused-ring (bicyclic) bond motifs is 1. The Morgan fingerprint density at radius 2 is 1.66 bits per heavy atom. The van der Waals surface area contributed by atoms with Crippen molar-refractivity contribution in [3.63, 3.8) is 0 Å². The van der Waals surface area contributed by atoms with E-state index in [1.807, 2.05) is 71.8 Å². The third-order valence-corrected chi connectivity index (χ3v) is 6.21. The van der Waals surface area contributed by atoms with Crippen molar-refractivity contribution >= 4 is 18.3 Å². The first-order chi connectivity index (χ1) is 13.7. The van der Waals surface area contributed by atoms with Gasteiger partial charge in [0.1, 0.15) is 5.69 Å². The van der Waals surface area contributed by atoms with Crippen LogP contribution in [0.4, 0.5) is 0 Å². The molecule has 1 saturated carbocycles. The van der Waals surface area contributed by atoms with Crippen LogP contribution < -0.4 is 5.73 Å². The summed E-state index contributed by atoms with van der Waals surface area (Å²) in [5.74, 6) is 1.04. The van der Waals surface area contributed by atoms with E-state index in [9.17, 15) is 4.79 Å². The Bertz CT molecular complexity index is 989. The molecule has 1 amide bonds. The molecule has 1 aromatic heterocycles. The van der Waals surface area contributed by atoms with Gasteiger partial charge in [0, 0.05) is 30.9 Å². The summed E-state index contributed by atoms with van der Waals surface area (Å²) < 4.78 is 1.80. The first-order valence-corrected chi connectivity index (χ1v) is 9.96. The SMILES string of the molecule is Cl.NC1CCC2CN(C(=O)c3cn(-c4ccccc4)nc3-c3ccccc3)CC12. The van der Waals surface area contributed by atoms with Crippen LogP contribution in [0, 0.1) is 11.8 Å². The molecule has 2 heterocycles. The van der Waals surface area contributed by atoms with E-state index in [0.29, 0.717) is 17.4 Å². The summed E-state index contributed by atoms with van der Waals surface area (Å²) >= 11 is 0. The molecule has 6 heteroatoms. The molecule has 1 aliphatic carbocycles. The summed E-state index contributed by atoms with van der Waals surface area (Å²) in [5.41, 5.74) is 9.55. The maximum Gasteiger partial charge on any atom is 0.257 e. The van der Waals surface area contributed by atoms with Crippen molar-refractivity contribution in [3.05, 3.63) is 72.4 Å². The summed E-state index contributed by atoms with van der Waals surface area (Å²) in [5, 5.41) is 4.77. The summed E-state index contributed by atoms with van der Waals surface area (Å²) in [6, 6.07) is 20.1. The minimum atomic E-state index is 0. The van der Waals surface area contributed by atoms with Crippen LogP contribution >= 0.6 is 12.4 Å². The standard InChI is InChI=1S/C23H24N4O.ClH/c24-21-12-11-17-13-26(14-19(17)21)23(28)20-15-27(18-9-5-2-6-10-18)25-22(20)16-7-3-1-4-8-16;/h1-10,15,17,19,21H,11-14,24H2;1H. The van der Waals surface area contributed by atoms with Gasteiger partial charge in [-0.25, -0.2) is 4.68 Å². The number of aromatic nitrogens is 2. The Morgan fingerprint density at radius 3 is 2.34 bits per heavy atom. The second-order valence-electron chi connectivity index (χ2n) is 7.91. The Labute approximate surface area is 176 Å². The first-order valence-electron chi connectivity index (χ1n) is 9.96. The van der Waals surface area contributed by atoms with E-state index < -0.39 is 0 Å². The molecule has 5 rings (SSSR count). The van der Waals surface area contributed by atoms with Crippen LogP contribution in [0.5, 0.6) is 0 Å². The maximum atomic E-state index is 13.5. The van der Waals surface area contributed by atoms with Crippen molar-refractivity contribution in [3.8, 4) is 16.9 Å². The number of rotatable bonds is 3. The van der Waals surface area contributed by atoms with Crippen molar-refractivity contribution in [1.82, 2.24) is 14.7 Å². The molecular weight excluding hydrogens is 384 g/mol. The Kier molecular flexibility index (Phi) is 5.43. The number of nitrogens with two attached hydrogens (primary N) is 1. The first kappa shape index (κ1) is 19.7. The fourth-order valence-electron chi connectivity index (χ4n) is 4.70. The number of hydrogen-bond donors (Lipinski definition) is 1. The number of hydrogen-bond acceptors (Lipinski definition) is 3. The molecule has 1 aliphatic heterocycles. The van der Waals surface area contributed by atoms with Crippen LogP contribution in [-0.4, -0.2) is 39.7 Å². The molecule has 2 N–H and O–H groups in total. The highest BCUT2D eigenvalue weighted by Crippen LogP contribution is 2.38. The zero-order valence-corrected chi connectivity index (χ0v) is 17.0. The minimum absolute atomic E-state index is 0. The molecule has 2 fully saturated rings. The largest absolute Gasteiger partial charge is 0.338 e. The zero-order valence-electron chi connectivity index (χ0n) is 16.1. The van der Waals surface area contributed by atoms with Gasteiger partial charge in [0.15, 0.2) is 0 Å². The van der Waals surface area contributed by atoms with Crippen molar-refractivity contribution in [2.24, 2.45) is 17.6 Å². The highest BCUT2D eigenvalue weighted by molar-refractivity contribution is 6.00. The molecule has 29 heavy (non-hydrogen) atoms. The topological polar surface area (TPSA) is 64.2 Å². The average molecular weight is 409 g/mol. The van der Waals surface area contributed by atoms with E-state index in [1.54, 1.807) is 4.68 Å². The number of carbonyl (C=O) groups is 1. The Morgan fingerprint density at radius 1 is 0.966 bits per heavy atom. The van der Waals surface area contributed by atoms with Gasteiger partial charge < -0.3 is 10.6 Å². The van der Waals surface area contributed by atoms with Gasteiger partial charge in [-0.3, -0.25) is 4.79 Å². The van der Waals surface area contributed by atoms with Crippen LogP contribution in [-0.2, 0) is 0 Å². The molecule has 3 atom stereocenters. The summed E-state index contributed by atoms with van der Waals surface area (Å²) in [7, 11) is 0. The molecule has 5 nitrogen and oxygen atoms in total. The van der Waals surface area contributed by atoms with E-state index >= 15 is 0 Å². The maximum absolute atomic E-state index is 13.5. The quantitative estimate of drug-likeness (QED) is 0.717. The molecule has 3 unspecified atom stereocenters. The number of halogens is 1. The molecule has 150 valence electrons. The molecule has 2 aromatic carbocycles. The third kappa shape index (κ3) is 3.56. The van der Waals surface area contributed by atoms with E-state index in [-0.39, 0.29) is 24.4 Å². The summed E-state index contributed by atoms with van der Waals surface area (Å²) in [4.78, 5) is 15.4. The lowest BCUT2D eigenvalue weighted by atomic mass is 9.98. The smallest absolute Gasteiger partial charge is 0.257 e. The number of amides is 1. The molecule has 2 aliphatic rings. The van der Waals surface area contributed by atoms with Crippen LogP contribution in [0.15, 0.2) is 66.9 Å². The van der Waals surface area contributed by atoms with Gasteiger partial charge in [0.2, 0.25) is 0 Å². The molecule has 0 bridgehead atoms. The lowest BCUT2D eigenvalue weighted by Crippen LogP contribution is -2.33. The van der Waals surface area contributed by atoms with Crippen molar-refractivity contribution in [2.75, 3.05) is 13.1 Å². The normalized spacial score (nSPS) is 22.9. The van der Waals surface area contributed by atoms with Crippen LogP contribution in [0.2, 0.25) is 0 Å². The van der Waals surface area contributed by atoms with Gasteiger partial charge in [-0.2, -0.15) is 5.10 Å². The highest BCUT2D eigenvalue weighted by Gasteiger charge is 2.43. The molecule has 1 saturated heterocycles. The van der Waals surface area contributed by atoms with Gasteiger partial charge in [0.25, 0.3) is 5.91 Å². The summed E-state index contributed by atoms with van der Waals surface area (Å²) in [6.45, 7) is 1.57. The Balaban J connectivity index is 0.00000205. The van der Waals surface area contributed by atoms with Crippen LogP contribution in [0.3, 0.4) is 0 Å². The zero-order chi connectivity index (χ0) is 19.1. The monoisotopic (exact) mass is 408 g/mol. The van der Waals surface area contributed by atoms with Gasteiger partial charge in [-0.1, -0.05) is 48.5 Å². The van der Waals surface area contributed by atoms with Gasteiger partial charge in [-0.15, -0.1) is 12.4 Å². The number of benzene rings is 2. The third-order valence-electron chi connectivity index (χ3n) is 6.21. The van der Waals surface area contributed by atoms with Gasteiger partial charge in [-0.05, 0) is 36.8 Å². The average Bonchev–Trinajstić information content (AvgIpc) is 3.45. The van der Waals surface area contributed by atoms with Crippen LogP contribution in [0.25, 0.3) is 16.9 Å². The fourth-order valence-corrected chi connectivity index (χ4v) is 4.70. The van der Waals surface area contributed by atoms with Gasteiger partial charge in [0.05, 0.1) is 11.3 Å². The van der Waals surface area contributed by atoms with Crippen molar-refractivity contribution in [2.45, 2.75) is 18.9 Å². The van der Waals surface area contributed by atoms with E-state index in [4.69, 9.17) is 10.8 Å². The minimum Gasteiger partial charge on any atom is -0.338 e. The predicted octanol–water partition coefficient (Wildman–Crippen LogP) is 3.77. The van der Waals surface area contributed by atoms with Crippen LogP contribution in [0.1, 0.15) is 23.2 Å². The number of likely N-dealkylation sites (tertiary alicyclic amines) is 1. The second-order valence-corrected chi connectivity index (χ2v) is 7.91.